The lowest BCUT2D eigenvalue weighted by molar-refractivity contribution is 0.0984. The molecule has 0 aliphatic rings. The molecule has 3 N–H and O–H groups in total. The van der Waals surface area contributed by atoms with Crippen LogP contribution in [0.25, 0.3) is 0 Å². The van der Waals surface area contributed by atoms with Crippen LogP contribution in [0.3, 0.4) is 0 Å². The molecule has 0 fully saturated rings. The van der Waals surface area contributed by atoms with Gasteiger partial charge >= 0.3 is 0 Å². The minimum atomic E-state index is -0.308. The summed E-state index contributed by atoms with van der Waals surface area (Å²) in [5.74, 6) is -0.550. The van der Waals surface area contributed by atoms with Crippen LogP contribution in [0.4, 0.5) is 11.5 Å². The smallest absolute Gasteiger partial charge is 0.255 e. The maximum atomic E-state index is 12.6. The molecule has 0 saturated heterocycles. The maximum absolute atomic E-state index is 12.6. The molecule has 1 amide bonds. The number of rotatable bonds is 5. The van der Waals surface area contributed by atoms with E-state index in [0.29, 0.717) is 21.8 Å². The van der Waals surface area contributed by atoms with Crippen molar-refractivity contribution in [2.75, 3.05) is 11.1 Å². The highest BCUT2D eigenvalue weighted by molar-refractivity contribution is 6.35. The third-order valence-electron chi connectivity index (χ3n) is 4.14. The second kappa shape index (κ2) is 8.37. The minimum Gasteiger partial charge on any atom is -0.382 e. The molecule has 3 rings (SSSR count). The normalized spacial score (nSPS) is 10.5. The highest BCUT2D eigenvalue weighted by atomic mass is 35.5. The summed E-state index contributed by atoms with van der Waals surface area (Å²) in [5.41, 5.74) is 8.31. The number of anilines is 2. The summed E-state index contributed by atoms with van der Waals surface area (Å²) in [6.45, 7) is 1.86. The molecule has 0 bridgehead atoms. The van der Waals surface area contributed by atoms with Crippen LogP contribution < -0.4 is 11.1 Å². The van der Waals surface area contributed by atoms with Gasteiger partial charge in [-0.05, 0) is 54.4 Å². The van der Waals surface area contributed by atoms with Crippen LogP contribution in [-0.2, 0) is 6.42 Å². The highest BCUT2D eigenvalue weighted by Crippen LogP contribution is 2.22. The average molecular weight is 415 g/mol. The molecule has 6 nitrogen and oxygen atoms in total. The molecule has 142 valence electrons. The van der Waals surface area contributed by atoms with Crippen LogP contribution in [0.15, 0.2) is 48.8 Å². The molecule has 2 aromatic carbocycles. The summed E-state index contributed by atoms with van der Waals surface area (Å²) >= 11 is 11.9. The number of nitrogens with zero attached hydrogens (tertiary/aromatic N) is 2. The first-order valence-corrected chi connectivity index (χ1v) is 9.06. The molecule has 0 atom stereocenters. The van der Waals surface area contributed by atoms with Crippen LogP contribution in [0.1, 0.15) is 32.0 Å². The maximum Gasteiger partial charge on any atom is 0.255 e. The van der Waals surface area contributed by atoms with E-state index in [9.17, 15) is 9.59 Å². The molecule has 0 aliphatic carbocycles. The molecule has 8 heteroatoms. The van der Waals surface area contributed by atoms with E-state index in [1.807, 2.05) is 6.92 Å². The van der Waals surface area contributed by atoms with Gasteiger partial charge in [0.05, 0.1) is 0 Å². The lowest BCUT2D eigenvalue weighted by atomic mass is 9.99. The van der Waals surface area contributed by atoms with Crippen LogP contribution >= 0.6 is 23.2 Å². The predicted octanol–water partition coefficient (Wildman–Crippen LogP) is 4.35. The molecule has 0 radical (unpaired) electrons. The van der Waals surface area contributed by atoms with Crippen molar-refractivity contribution in [2.24, 2.45) is 0 Å². The number of aromatic nitrogens is 2. The molecule has 0 aliphatic heterocycles. The fourth-order valence-electron chi connectivity index (χ4n) is 2.57. The first kappa shape index (κ1) is 19.8. The number of nitrogens with one attached hydrogen (secondary N) is 1. The Balaban J connectivity index is 1.81. The Hall–Kier alpha value is -2.96. The van der Waals surface area contributed by atoms with Gasteiger partial charge in [0.2, 0.25) is 0 Å². The zero-order valence-corrected chi connectivity index (χ0v) is 16.4. The number of halogens is 2. The summed E-state index contributed by atoms with van der Waals surface area (Å²) < 4.78 is 0. The fraction of sp³-hybridized carbons (Fsp3) is 0.100. The Bertz CT molecular complexity index is 1050. The van der Waals surface area contributed by atoms with Gasteiger partial charge in [0.15, 0.2) is 5.78 Å². The first-order valence-electron chi connectivity index (χ1n) is 8.31. The summed E-state index contributed by atoms with van der Waals surface area (Å²) in [5, 5.41) is 3.40. The molecule has 28 heavy (non-hydrogen) atoms. The SMILES string of the molecule is Cc1ccc(C(=O)Nc2ccc(Cl)cc2)cc1CC(=O)c1ncnc(N)c1Cl. The third kappa shape index (κ3) is 4.47. The van der Waals surface area contributed by atoms with Gasteiger partial charge in [-0.1, -0.05) is 29.3 Å². The monoisotopic (exact) mass is 414 g/mol. The van der Waals surface area contributed by atoms with Crippen molar-refractivity contribution in [1.29, 1.82) is 0 Å². The lowest BCUT2D eigenvalue weighted by Gasteiger charge is -2.10. The van der Waals surface area contributed by atoms with Crippen LogP contribution in [0, 0.1) is 6.92 Å². The van der Waals surface area contributed by atoms with E-state index in [0.717, 1.165) is 5.56 Å². The number of carbonyl (C=O) groups is 2. The van der Waals surface area contributed by atoms with E-state index < -0.39 is 0 Å². The number of amides is 1. The Kier molecular flexibility index (Phi) is 5.92. The fourth-order valence-corrected chi connectivity index (χ4v) is 2.90. The number of aryl methyl sites for hydroxylation is 1. The van der Waals surface area contributed by atoms with E-state index in [-0.39, 0.29) is 34.6 Å². The number of benzene rings is 2. The van der Waals surface area contributed by atoms with Crippen LogP contribution in [0.5, 0.6) is 0 Å². The zero-order valence-electron chi connectivity index (χ0n) is 14.9. The van der Waals surface area contributed by atoms with E-state index >= 15 is 0 Å². The standard InChI is InChI=1S/C20H16Cl2N4O2/c1-11-2-3-12(20(28)26-15-6-4-14(21)5-7-15)8-13(11)9-16(27)18-17(22)19(23)25-10-24-18/h2-8,10H,9H2,1H3,(H,26,28)(H2,23,24,25). The van der Waals surface area contributed by atoms with Crippen LogP contribution in [-0.4, -0.2) is 21.7 Å². The number of carbonyl (C=O) groups excluding carboxylic acids is 2. The van der Waals surface area contributed by atoms with E-state index in [1.54, 1.807) is 42.5 Å². The summed E-state index contributed by atoms with van der Waals surface area (Å²) in [6, 6.07) is 12.0. The molecule has 0 spiro atoms. The number of ketones is 1. The van der Waals surface area contributed by atoms with Crippen molar-refractivity contribution in [2.45, 2.75) is 13.3 Å². The van der Waals surface area contributed by atoms with Crippen molar-refractivity contribution in [3.05, 3.63) is 81.2 Å². The van der Waals surface area contributed by atoms with Crippen LogP contribution in [0.2, 0.25) is 10.0 Å². The highest BCUT2D eigenvalue weighted by Gasteiger charge is 2.17. The number of Topliss-reactive ketones (excluding diaryl/α,β-unsaturated/α-hetero) is 1. The van der Waals surface area contributed by atoms with Gasteiger partial charge in [-0.3, -0.25) is 9.59 Å². The molecule has 1 heterocycles. The van der Waals surface area contributed by atoms with E-state index in [2.05, 4.69) is 15.3 Å². The second-order valence-electron chi connectivity index (χ2n) is 6.12. The van der Waals surface area contributed by atoms with Gasteiger partial charge in [0.25, 0.3) is 5.91 Å². The van der Waals surface area contributed by atoms with Crippen molar-refractivity contribution in [3.8, 4) is 0 Å². The first-order chi connectivity index (χ1) is 13.3. The molecule has 0 saturated carbocycles. The van der Waals surface area contributed by atoms with Crippen molar-refractivity contribution >= 4 is 46.4 Å². The Morgan fingerprint density at radius 2 is 1.79 bits per heavy atom. The lowest BCUT2D eigenvalue weighted by Crippen LogP contribution is -2.14. The molecule has 0 unspecified atom stereocenters. The largest absolute Gasteiger partial charge is 0.382 e. The molecule has 3 aromatic rings. The van der Waals surface area contributed by atoms with Crippen molar-refractivity contribution in [1.82, 2.24) is 9.97 Å². The number of hydrogen-bond donors (Lipinski definition) is 2. The van der Waals surface area contributed by atoms with Gasteiger partial charge in [-0.2, -0.15) is 0 Å². The summed E-state index contributed by atoms with van der Waals surface area (Å²) in [6.07, 6.45) is 1.22. The third-order valence-corrected chi connectivity index (χ3v) is 4.77. The molecule has 1 aromatic heterocycles. The number of hydrogen-bond acceptors (Lipinski definition) is 5. The minimum absolute atomic E-state index is 0.0294. The van der Waals surface area contributed by atoms with Crippen molar-refractivity contribution < 1.29 is 9.59 Å². The second-order valence-corrected chi connectivity index (χ2v) is 6.94. The predicted molar refractivity (Wildman–Crippen MR) is 110 cm³/mol. The average Bonchev–Trinajstić information content (AvgIpc) is 2.67. The zero-order chi connectivity index (χ0) is 20.3. The Morgan fingerprint density at radius 3 is 2.50 bits per heavy atom. The molecular weight excluding hydrogens is 399 g/mol. The van der Waals surface area contributed by atoms with Gasteiger partial charge in [0.1, 0.15) is 22.9 Å². The van der Waals surface area contributed by atoms with Gasteiger partial charge in [-0.15, -0.1) is 0 Å². The quantitative estimate of drug-likeness (QED) is 0.604. The van der Waals surface area contributed by atoms with Crippen molar-refractivity contribution in [3.63, 3.8) is 0 Å². The van der Waals surface area contributed by atoms with Gasteiger partial charge < -0.3 is 11.1 Å². The van der Waals surface area contributed by atoms with Gasteiger partial charge in [-0.25, -0.2) is 9.97 Å². The number of nitrogens with two attached hydrogens (primary N) is 1. The molecular formula is C20H16Cl2N4O2. The summed E-state index contributed by atoms with van der Waals surface area (Å²) in [7, 11) is 0. The topological polar surface area (TPSA) is 98.0 Å². The van der Waals surface area contributed by atoms with Gasteiger partial charge in [0, 0.05) is 22.7 Å². The number of nitrogen functional groups attached to an aromatic ring is 1. The van der Waals surface area contributed by atoms with E-state index in [1.165, 1.54) is 6.33 Å². The Labute approximate surface area is 171 Å². The Morgan fingerprint density at radius 1 is 1.07 bits per heavy atom. The van der Waals surface area contributed by atoms with E-state index in [4.69, 9.17) is 28.9 Å². The summed E-state index contributed by atoms with van der Waals surface area (Å²) in [4.78, 5) is 32.8.